The van der Waals surface area contributed by atoms with E-state index >= 15 is 0 Å². The van der Waals surface area contributed by atoms with Crippen molar-refractivity contribution >= 4 is 35.4 Å². The second kappa shape index (κ2) is 9.03. The fourth-order valence-electron chi connectivity index (χ4n) is 3.05. The molecule has 1 fully saturated rings. The van der Waals surface area contributed by atoms with Crippen molar-refractivity contribution in [2.45, 2.75) is 12.8 Å². The molecule has 158 valence electrons. The fraction of sp³-hybridized carbons (Fsp3) is 0.200. The highest BCUT2D eigenvalue weighted by Crippen LogP contribution is 2.22. The molecule has 3 aromatic rings. The van der Waals surface area contributed by atoms with E-state index in [1.54, 1.807) is 42.6 Å². The molecule has 0 unspecified atom stereocenters. The van der Waals surface area contributed by atoms with Crippen LogP contribution in [0.3, 0.4) is 0 Å². The highest BCUT2D eigenvalue weighted by molar-refractivity contribution is 5.80. The number of hydrazone groups is 1. The lowest BCUT2D eigenvalue weighted by Crippen LogP contribution is -2.21. The number of phenolic OH excluding ortho intramolecular Hbond substituents is 1. The van der Waals surface area contributed by atoms with Crippen LogP contribution in [0, 0.1) is 10.1 Å². The first-order chi connectivity index (χ1) is 15.1. The highest BCUT2D eigenvalue weighted by atomic mass is 16.6. The summed E-state index contributed by atoms with van der Waals surface area (Å²) in [4.78, 5) is 25.7. The van der Waals surface area contributed by atoms with Gasteiger partial charge in [0, 0.05) is 30.9 Å². The predicted molar refractivity (Wildman–Crippen MR) is 117 cm³/mol. The molecule has 4 rings (SSSR count). The van der Waals surface area contributed by atoms with Gasteiger partial charge in [-0.2, -0.15) is 20.1 Å². The quantitative estimate of drug-likeness (QED) is 0.298. The SMILES string of the molecule is O=[N+]([O-])c1ccc(Nc2nc(N/N=C/c3ccc(O)cc3)nc(N3CCCC3)n2)cc1. The average Bonchev–Trinajstić information content (AvgIpc) is 3.30. The molecule has 31 heavy (non-hydrogen) atoms. The molecule has 0 saturated carbocycles. The monoisotopic (exact) mass is 420 g/mol. The van der Waals surface area contributed by atoms with E-state index in [9.17, 15) is 15.2 Å². The van der Waals surface area contributed by atoms with Crippen molar-refractivity contribution in [3.63, 3.8) is 0 Å². The van der Waals surface area contributed by atoms with Crippen LogP contribution in [0.1, 0.15) is 18.4 Å². The summed E-state index contributed by atoms with van der Waals surface area (Å²) in [7, 11) is 0. The zero-order valence-electron chi connectivity index (χ0n) is 16.5. The average molecular weight is 420 g/mol. The van der Waals surface area contributed by atoms with Crippen molar-refractivity contribution < 1.29 is 10.0 Å². The minimum atomic E-state index is -0.452. The van der Waals surface area contributed by atoms with Crippen molar-refractivity contribution in [3.8, 4) is 5.75 Å². The van der Waals surface area contributed by atoms with E-state index in [0.29, 0.717) is 17.6 Å². The van der Waals surface area contributed by atoms with Crippen molar-refractivity contribution in [2.24, 2.45) is 5.10 Å². The zero-order chi connectivity index (χ0) is 21.6. The van der Waals surface area contributed by atoms with Gasteiger partial charge in [-0.1, -0.05) is 0 Å². The molecule has 0 bridgehead atoms. The number of hydrogen-bond acceptors (Lipinski definition) is 10. The van der Waals surface area contributed by atoms with Crippen LogP contribution >= 0.6 is 0 Å². The van der Waals surface area contributed by atoms with Crippen molar-refractivity contribution in [1.82, 2.24) is 15.0 Å². The number of nitrogens with zero attached hydrogens (tertiary/aromatic N) is 6. The standard InChI is InChI=1S/C20H20N8O3/c29-17-9-3-14(4-10-17)13-21-26-19-23-18(24-20(25-19)27-11-1-2-12-27)22-15-5-7-16(8-6-15)28(30)31/h3-10,13,29H,1-2,11-12H2,(H2,22,23,24,25,26)/b21-13+. The number of non-ortho nitro benzene ring substituents is 1. The smallest absolute Gasteiger partial charge is 0.269 e. The molecular formula is C20H20N8O3. The molecule has 1 saturated heterocycles. The van der Waals surface area contributed by atoms with Gasteiger partial charge in [0.25, 0.3) is 5.69 Å². The maximum Gasteiger partial charge on any atom is 0.269 e. The molecule has 2 heterocycles. The molecule has 0 radical (unpaired) electrons. The maximum atomic E-state index is 10.8. The molecular weight excluding hydrogens is 400 g/mol. The van der Waals surface area contributed by atoms with Crippen LogP contribution in [0.25, 0.3) is 0 Å². The van der Waals surface area contributed by atoms with Gasteiger partial charge in [0.15, 0.2) is 0 Å². The normalized spacial score (nSPS) is 13.5. The fourth-order valence-corrected chi connectivity index (χ4v) is 3.05. The number of aromatic nitrogens is 3. The second-order valence-electron chi connectivity index (χ2n) is 6.87. The highest BCUT2D eigenvalue weighted by Gasteiger charge is 2.17. The third-order valence-corrected chi connectivity index (χ3v) is 4.62. The van der Waals surface area contributed by atoms with Crippen molar-refractivity contribution in [1.29, 1.82) is 0 Å². The van der Waals surface area contributed by atoms with E-state index in [1.165, 1.54) is 12.1 Å². The van der Waals surface area contributed by atoms with E-state index in [2.05, 4.69) is 35.7 Å². The molecule has 3 N–H and O–H groups in total. The molecule has 0 atom stereocenters. The molecule has 11 nitrogen and oxygen atoms in total. The number of rotatable bonds is 7. The Kier molecular flexibility index (Phi) is 5.83. The van der Waals surface area contributed by atoms with Crippen LogP contribution < -0.4 is 15.6 Å². The van der Waals surface area contributed by atoms with Gasteiger partial charge in [0.1, 0.15) is 5.75 Å². The molecule has 11 heteroatoms. The van der Waals surface area contributed by atoms with Gasteiger partial charge in [0.05, 0.1) is 11.1 Å². The Morgan fingerprint density at radius 3 is 2.35 bits per heavy atom. The number of nitro benzene ring substituents is 1. The number of anilines is 4. The number of hydrogen-bond donors (Lipinski definition) is 3. The Hall–Kier alpha value is -4.28. The molecule has 0 aliphatic carbocycles. The summed E-state index contributed by atoms with van der Waals surface area (Å²) in [6.45, 7) is 1.72. The first-order valence-corrected chi connectivity index (χ1v) is 9.67. The van der Waals surface area contributed by atoms with Gasteiger partial charge in [-0.05, 0) is 54.8 Å². The largest absolute Gasteiger partial charge is 0.508 e. The minimum absolute atomic E-state index is 0.00451. The summed E-state index contributed by atoms with van der Waals surface area (Å²) in [5.74, 6) is 1.27. The molecule has 2 aromatic carbocycles. The van der Waals surface area contributed by atoms with Gasteiger partial charge in [0.2, 0.25) is 17.8 Å². The third-order valence-electron chi connectivity index (χ3n) is 4.62. The topological polar surface area (TPSA) is 142 Å². The second-order valence-corrected chi connectivity index (χ2v) is 6.87. The van der Waals surface area contributed by atoms with Crippen LogP contribution in [0.5, 0.6) is 5.75 Å². The minimum Gasteiger partial charge on any atom is -0.508 e. The Morgan fingerprint density at radius 2 is 1.68 bits per heavy atom. The van der Waals surface area contributed by atoms with Gasteiger partial charge >= 0.3 is 0 Å². The number of phenols is 1. The Bertz CT molecular complexity index is 1080. The van der Waals surface area contributed by atoms with Gasteiger partial charge in [-0.25, -0.2) is 5.43 Å². The summed E-state index contributed by atoms with van der Waals surface area (Å²) in [5.41, 5.74) is 4.22. The van der Waals surface area contributed by atoms with Crippen LogP contribution in [0.2, 0.25) is 0 Å². The van der Waals surface area contributed by atoms with Crippen LogP contribution in [0.4, 0.5) is 29.2 Å². The molecule has 1 aliphatic heterocycles. The number of benzene rings is 2. The number of nitro groups is 1. The lowest BCUT2D eigenvalue weighted by atomic mass is 10.2. The molecule has 1 aromatic heterocycles. The molecule has 1 aliphatic rings. The van der Waals surface area contributed by atoms with E-state index in [0.717, 1.165) is 31.5 Å². The Balaban J connectivity index is 1.54. The van der Waals surface area contributed by atoms with E-state index in [-0.39, 0.29) is 17.4 Å². The first kappa shape index (κ1) is 20.0. The summed E-state index contributed by atoms with van der Waals surface area (Å²) in [6.07, 6.45) is 3.72. The van der Waals surface area contributed by atoms with Crippen molar-refractivity contribution in [3.05, 3.63) is 64.2 Å². The molecule has 0 amide bonds. The summed E-state index contributed by atoms with van der Waals surface area (Å²) in [6, 6.07) is 12.6. The Labute approximate surface area is 177 Å². The summed E-state index contributed by atoms with van der Waals surface area (Å²) >= 11 is 0. The predicted octanol–water partition coefficient (Wildman–Crippen LogP) is 3.28. The van der Waals surface area contributed by atoms with Crippen LogP contribution in [-0.2, 0) is 0 Å². The lowest BCUT2D eigenvalue weighted by Gasteiger charge is -2.16. The third kappa shape index (κ3) is 5.21. The lowest BCUT2D eigenvalue weighted by molar-refractivity contribution is -0.384. The number of nitrogens with one attached hydrogen (secondary N) is 2. The number of aromatic hydroxyl groups is 1. The van der Waals surface area contributed by atoms with E-state index in [4.69, 9.17) is 0 Å². The molecule has 0 spiro atoms. The zero-order valence-corrected chi connectivity index (χ0v) is 16.5. The van der Waals surface area contributed by atoms with Gasteiger partial charge < -0.3 is 15.3 Å². The first-order valence-electron chi connectivity index (χ1n) is 9.67. The Morgan fingerprint density at radius 1 is 1.00 bits per heavy atom. The van der Waals surface area contributed by atoms with Gasteiger partial charge in [-0.15, -0.1) is 0 Å². The van der Waals surface area contributed by atoms with E-state index < -0.39 is 4.92 Å². The maximum absolute atomic E-state index is 10.8. The van der Waals surface area contributed by atoms with Gasteiger partial charge in [-0.3, -0.25) is 10.1 Å². The van der Waals surface area contributed by atoms with Crippen LogP contribution in [-0.4, -0.2) is 44.3 Å². The van der Waals surface area contributed by atoms with E-state index in [1.807, 2.05) is 0 Å². The summed E-state index contributed by atoms with van der Waals surface area (Å²) in [5, 5.41) is 27.4. The van der Waals surface area contributed by atoms with Crippen LogP contribution in [0.15, 0.2) is 53.6 Å². The summed E-state index contributed by atoms with van der Waals surface area (Å²) < 4.78 is 0. The van der Waals surface area contributed by atoms with Crippen molar-refractivity contribution in [2.75, 3.05) is 28.7 Å².